The van der Waals surface area contributed by atoms with Crippen molar-refractivity contribution >= 4 is 45.2 Å². The molecule has 0 aliphatic rings. The molecule has 0 saturated heterocycles. The van der Waals surface area contributed by atoms with Crippen molar-refractivity contribution in [3.05, 3.63) is 29.0 Å². The van der Waals surface area contributed by atoms with Crippen molar-refractivity contribution in [2.24, 2.45) is 5.73 Å². The molecule has 0 spiro atoms. The maximum absolute atomic E-state index is 5.77. The van der Waals surface area contributed by atoms with Crippen molar-refractivity contribution in [3.63, 3.8) is 0 Å². The Hall–Kier alpha value is -0.330. The van der Waals surface area contributed by atoms with Gasteiger partial charge in [0.05, 0.1) is 0 Å². The molecule has 0 aliphatic carbocycles. The monoisotopic (exact) mass is 337 g/mol. The lowest BCUT2D eigenvalue weighted by Crippen LogP contribution is -1.82. The molecule has 5 heteroatoms. The summed E-state index contributed by atoms with van der Waals surface area (Å²) in [5.41, 5.74) is 6.70. The predicted molar refractivity (Wildman–Crippen MR) is 73.8 cm³/mol. The van der Waals surface area contributed by atoms with E-state index in [1.165, 1.54) is 18.0 Å². The Balaban J connectivity index is 0.000000531. The number of aromatic amines is 1. The molecule has 0 radical (unpaired) electrons. The molecule has 0 bridgehead atoms. The number of hydrogen-bond acceptors (Lipinski definition) is 2. The number of pyridine rings is 1. The lowest BCUT2D eigenvalue weighted by atomic mass is 10.2. The topological polar surface area (TPSA) is 54.7 Å². The largest absolute Gasteiger partial charge is 0.346 e. The average molecular weight is 338 g/mol. The number of nitrogens with one attached hydrogen (secondary N) is 1. The quantitative estimate of drug-likeness (QED) is 0.503. The van der Waals surface area contributed by atoms with Crippen molar-refractivity contribution < 1.29 is 0 Å². The van der Waals surface area contributed by atoms with Crippen LogP contribution in [0.2, 0.25) is 5.15 Å². The molecule has 0 aliphatic heterocycles. The molecule has 0 fully saturated rings. The number of nitrogens with zero attached hydrogens (tertiary/aromatic N) is 1. The summed E-state index contributed by atoms with van der Waals surface area (Å²) >= 11 is 8.14. The lowest BCUT2D eigenvalue weighted by Gasteiger charge is -1.94. The fraction of sp³-hybridized carbons (Fsp3) is 0.300. The maximum Gasteiger partial charge on any atom is 0.139 e. The molecule has 15 heavy (non-hydrogen) atoms. The molecule has 3 nitrogen and oxygen atoms in total. The minimum atomic E-state index is 0.537. The summed E-state index contributed by atoms with van der Waals surface area (Å²) in [7, 11) is 1.50. The molecule has 0 saturated carbocycles. The van der Waals surface area contributed by atoms with Crippen LogP contribution in [0, 0.1) is 0 Å². The van der Waals surface area contributed by atoms with Crippen LogP contribution in [0.15, 0.2) is 18.3 Å². The summed E-state index contributed by atoms with van der Waals surface area (Å²) in [6.07, 6.45) is 3.08. The number of fused-ring (bicyclic) bond motifs is 1. The first kappa shape index (κ1) is 12.7. The Bertz CT molecular complexity index is 428. The fourth-order valence-electron chi connectivity index (χ4n) is 1.35. The second-order valence-corrected chi connectivity index (χ2v) is 4.25. The van der Waals surface area contributed by atoms with Gasteiger partial charge in [0.1, 0.15) is 10.8 Å². The first-order chi connectivity index (χ1) is 7.31. The molecule has 0 amide bonds. The molecule has 0 unspecified atom stereocenters. The molecule has 0 atom stereocenters. The highest BCUT2D eigenvalue weighted by atomic mass is 127. The van der Waals surface area contributed by atoms with Gasteiger partial charge in [0.2, 0.25) is 0 Å². The zero-order chi connectivity index (χ0) is 11.3. The van der Waals surface area contributed by atoms with Crippen LogP contribution >= 0.6 is 34.2 Å². The highest BCUT2D eigenvalue weighted by Gasteiger charge is 2.03. The summed E-state index contributed by atoms with van der Waals surface area (Å²) in [5, 5.41) is 1.72. The molecule has 2 aromatic heterocycles. The smallest absolute Gasteiger partial charge is 0.139 e. The molecule has 2 rings (SSSR count). The summed E-state index contributed by atoms with van der Waals surface area (Å²) in [4.78, 5) is 7.30. The minimum Gasteiger partial charge on any atom is -0.346 e. The van der Waals surface area contributed by atoms with E-state index in [1.807, 2.05) is 18.3 Å². The number of H-pyrrole nitrogens is 1. The van der Waals surface area contributed by atoms with Gasteiger partial charge >= 0.3 is 0 Å². The average Bonchev–Trinajstić information content (AvgIpc) is 2.64. The normalized spacial score (nSPS) is 9.87. The van der Waals surface area contributed by atoms with Gasteiger partial charge in [0.25, 0.3) is 0 Å². The maximum atomic E-state index is 5.77. The van der Waals surface area contributed by atoms with E-state index < -0.39 is 0 Å². The number of halogens is 2. The molecule has 3 N–H and O–H groups in total. The first-order valence-corrected chi connectivity index (χ1v) is 6.48. The minimum absolute atomic E-state index is 0.537. The summed E-state index contributed by atoms with van der Waals surface area (Å²) in [6.45, 7) is 0. The number of aryl methyl sites for hydroxylation is 1. The van der Waals surface area contributed by atoms with Gasteiger partial charge in [0.15, 0.2) is 0 Å². The van der Waals surface area contributed by atoms with Crippen LogP contribution in [0.5, 0.6) is 0 Å². The number of hydrogen-bond donors (Lipinski definition) is 2. The van der Waals surface area contributed by atoms with Crippen molar-refractivity contribution in [3.8, 4) is 0 Å². The van der Waals surface area contributed by atoms with Gasteiger partial charge in [-0.15, -0.1) is 0 Å². The molecule has 82 valence electrons. The summed E-state index contributed by atoms with van der Waals surface area (Å²) < 4.78 is 1.12. The van der Waals surface area contributed by atoms with Gasteiger partial charge in [-0.25, -0.2) is 4.98 Å². The van der Waals surface area contributed by atoms with Crippen LogP contribution < -0.4 is 5.73 Å². The van der Waals surface area contributed by atoms with Gasteiger partial charge in [0, 0.05) is 16.0 Å². The molecule has 2 heterocycles. The third kappa shape index (κ3) is 3.06. The third-order valence-electron chi connectivity index (χ3n) is 1.95. The van der Waals surface area contributed by atoms with E-state index in [9.17, 15) is 0 Å². The van der Waals surface area contributed by atoms with Crippen LogP contribution in [0.1, 0.15) is 5.56 Å². The van der Waals surface area contributed by atoms with E-state index in [0.29, 0.717) is 5.15 Å². The van der Waals surface area contributed by atoms with E-state index in [-0.39, 0.29) is 0 Å². The van der Waals surface area contributed by atoms with Crippen molar-refractivity contribution in [2.75, 3.05) is 11.5 Å². The molecule has 2 aromatic rings. The number of aromatic nitrogens is 2. The van der Waals surface area contributed by atoms with E-state index in [1.54, 1.807) is 0 Å². The van der Waals surface area contributed by atoms with Gasteiger partial charge in [-0.05, 0) is 31.2 Å². The Kier molecular flexibility index (Phi) is 5.35. The summed E-state index contributed by atoms with van der Waals surface area (Å²) in [6, 6.07) is 3.84. The highest BCUT2D eigenvalue weighted by molar-refractivity contribution is 14.1. The Morgan fingerprint density at radius 1 is 1.47 bits per heavy atom. The second-order valence-electron chi connectivity index (χ2n) is 2.78. The highest BCUT2D eigenvalue weighted by Crippen LogP contribution is 2.19. The molecule has 0 aromatic carbocycles. The van der Waals surface area contributed by atoms with Crippen LogP contribution in [-0.4, -0.2) is 21.4 Å². The zero-order valence-corrected chi connectivity index (χ0v) is 11.3. The van der Waals surface area contributed by atoms with E-state index in [0.717, 1.165) is 16.5 Å². The Labute approximate surface area is 108 Å². The summed E-state index contributed by atoms with van der Waals surface area (Å²) in [5.74, 6) is 0. The van der Waals surface area contributed by atoms with Gasteiger partial charge in [-0.3, -0.25) is 0 Å². The molecular weight excluding hydrogens is 324 g/mol. The zero-order valence-electron chi connectivity index (χ0n) is 8.43. The van der Waals surface area contributed by atoms with Crippen LogP contribution in [0.3, 0.4) is 0 Å². The van der Waals surface area contributed by atoms with E-state index >= 15 is 0 Å². The first-order valence-electron chi connectivity index (χ1n) is 4.57. The predicted octanol–water partition coefficient (Wildman–Crippen LogP) is 2.77. The second kappa shape index (κ2) is 6.30. The van der Waals surface area contributed by atoms with Crippen LogP contribution in [0.25, 0.3) is 11.0 Å². The lowest BCUT2D eigenvalue weighted by molar-refractivity contribution is 1.19. The number of nitrogens with two attached hydrogens (primary N) is 1. The van der Waals surface area contributed by atoms with Crippen LogP contribution in [0.4, 0.5) is 0 Å². The molecular formula is C10H13ClIN3. The van der Waals surface area contributed by atoms with Gasteiger partial charge in [-0.2, -0.15) is 0 Å². The van der Waals surface area contributed by atoms with Crippen molar-refractivity contribution in [1.82, 2.24) is 9.97 Å². The van der Waals surface area contributed by atoms with Crippen molar-refractivity contribution in [2.45, 2.75) is 6.42 Å². The van der Waals surface area contributed by atoms with Gasteiger partial charge in [-0.1, -0.05) is 34.2 Å². The fourth-order valence-corrected chi connectivity index (χ4v) is 2.07. The number of rotatable bonds is 2. The number of alkyl halides is 1. The Morgan fingerprint density at radius 2 is 2.20 bits per heavy atom. The van der Waals surface area contributed by atoms with E-state index in [2.05, 4.69) is 38.3 Å². The SMILES string of the molecule is CN.Clc1ccc2c(CCI)c[nH]c2n1. The Morgan fingerprint density at radius 3 is 2.87 bits per heavy atom. The van der Waals surface area contributed by atoms with Crippen molar-refractivity contribution in [1.29, 1.82) is 0 Å². The van der Waals surface area contributed by atoms with E-state index in [4.69, 9.17) is 11.6 Å². The van der Waals surface area contributed by atoms with Crippen LogP contribution in [-0.2, 0) is 6.42 Å². The standard InChI is InChI=1S/C9H8ClIN2.CH5N/c10-8-2-1-7-6(3-4-11)5-12-9(7)13-8;1-2/h1-2,5H,3-4H2,(H,12,13);2H2,1H3. The van der Waals surface area contributed by atoms with Gasteiger partial charge < -0.3 is 10.7 Å². The third-order valence-corrected chi connectivity index (χ3v) is 2.70.